The number of nitrogens with zero attached hydrogens (tertiary/aromatic N) is 3. The number of rotatable bonds is 6. The highest BCUT2D eigenvalue weighted by Crippen LogP contribution is 2.27. The van der Waals surface area contributed by atoms with Crippen LogP contribution in [0, 0.1) is 5.92 Å². The van der Waals surface area contributed by atoms with Gasteiger partial charge in [-0.25, -0.2) is 0 Å². The lowest BCUT2D eigenvalue weighted by Gasteiger charge is -2.21. The molecular formula is C26H42IN5O. The molecule has 3 aliphatic rings. The Morgan fingerprint density at radius 1 is 0.939 bits per heavy atom. The van der Waals surface area contributed by atoms with Gasteiger partial charge in [-0.1, -0.05) is 49.9 Å². The molecule has 4 rings (SSSR count). The van der Waals surface area contributed by atoms with Gasteiger partial charge >= 0.3 is 0 Å². The van der Waals surface area contributed by atoms with Crippen molar-refractivity contribution in [2.45, 2.75) is 76.9 Å². The molecule has 184 valence electrons. The van der Waals surface area contributed by atoms with E-state index in [4.69, 9.17) is 0 Å². The van der Waals surface area contributed by atoms with E-state index >= 15 is 0 Å². The van der Waals surface area contributed by atoms with E-state index in [1.54, 1.807) is 0 Å². The minimum atomic E-state index is 0. The number of benzene rings is 1. The molecule has 2 heterocycles. The van der Waals surface area contributed by atoms with E-state index in [1.807, 2.05) is 7.05 Å². The third-order valence-corrected chi connectivity index (χ3v) is 7.36. The molecule has 2 saturated heterocycles. The third-order valence-electron chi connectivity index (χ3n) is 7.36. The van der Waals surface area contributed by atoms with Crippen LogP contribution in [0.1, 0.15) is 68.9 Å². The molecule has 6 nitrogen and oxygen atoms in total. The van der Waals surface area contributed by atoms with Crippen molar-refractivity contribution >= 4 is 35.8 Å². The Morgan fingerprint density at radius 3 is 2.27 bits per heavy atom. The second-order valence-corrected chi connectivity index (χ2v) is 9.83. The van der Waals surface area contributed by atoms with E-state index in [-0.39, 0.29) is 35.9 Å². The summed E-state index contributed by atoms with van der Waals surface area (Å²) in [6.45, 7) is 5.94. The van der Waals surface area contributed by atoms with Crippen molar-refractivity contribution in [1.29, 1.82) is 0 Å². The zero-order valence-electron chi connectivity index (χ0n) is 20.2. The minimum Gasteiger partial charge on any atom is -0.352 e. The van der Waals surface area contributed by atoms with Crippen LogP contribution < -0.4 is 10.6 Å². The third kappa shape index (κ3) is 7.84. The van der Waals surface area contributed by atoms with E-state index in [0.29, 0.717) is 5.91 Å². The van der Waals surface area contributed by atoms with Crippen molar-refractivity contribution in [1.82, 2.24) is 20.4 Å². The van der Waals surface area contributed by atoms with Crippen LogP contribution in [0.4, 0.5) is 0 Å². The van der Waals surface area contributed by atoms with Gasteiger partial charge in [0.15, 0.2) is 5.96 Å². The topological polar surface area (TPSA) is 60.0 Å². The zero-order valence-corrected chi connectivity index (χ0v) is 22.6. The minimum absolute atomic E-state index is 0. The number of nitrogens with one attached hydrogen (secondary N) is 2. The predicted molar refractivity (Wildman–Crippen MR) is 146 cm³/mol. The lowest BCUT2D eigenvalue weighted by molar-refractivity contribution is -0.134. The van der Waals surface area contributed by atoms with Gasteiger partial charge in [0.25, 0.3) is 0 Å². The van der Waals surface area contributed by atoms with E-state index in [1.165, 1.54) is 62.7 Å². The van der Waals surface area contributed by atoms with Crippen LogP contribution in [0.2, 0.25) is 0 Å². The molecule has 2 aliphatic heterocycles. The summed E-state index contributed by atoms with van der Waals surface area (Å²) in [6, 6.07) is 9.27. The fourth-order valence-corrected chi connectivity index (χ4v) is 5.40. The average molecular weight is 568 g/mol. The number of halogens is 1. The van der Waals surface area contributed by atoms with Gasteiger partial charge in [-0.05, 0) is 56.3 Å². The number of hydrogen-bond donors (Lipinski definition) is 2. The van der Waals surface area contributed by atoms with Gasteiger partial charge in [0.2, 0.25) is 5.91 Å². The van der Waals surface area contributed by atoms with Crippen molar-refractivity contribution < 1.29 is 4.79 Å². The first-order valence-electron chi connectivity index (χ1n) is 12.8. The Morgan fingerprint density at radius 2 is 1.61 bits per heavy atom. The Bertz CT molecular complexity index is 754. The molecule has 1 aromatic carbocycles. The summed E-state index contributed by atoms with van der Waals surface area (Å²) in [5.74, 6) is 1.46. The maximum Gasteiger partial charge on any atom is 0.225 e. The van der Waals surface area contributed by atoms with E-state index in [2.05, 4.69) is 49.7 Å². The fourth-order valence-electron chi connectivity index (χ4n) is 5.40. The number of carbonyl (C=O) groups excluding carboxylic acids is 1. The van der Waals surface area contributed by atoms with Gasteiger partial charge in [0.1, 0.15) is 0 Å². The summed E-state index contributed by atoms with van der Waals surface area (Å²) >= 11 is 0. The Hall–Kier alpha value is -1.35. The molecular weight excluding hydrogens is 525 g/mol. The molecule has 0 bridgehead atoms. The van der Waals surface area contributed by atoms with Gasteiger partial charge in [0, 0.05) is 45.2 Å². The SMILES string of the molecule is CN=C(NCc1ccc(CN2CCCCCC2)cc1)NC1CCN(C(=O)C2CCCC2)C1.I. The van der Waals surface area contributed by atoms with Crippen molar-refractivity contribution in [2.24, 2.45) is 10.9 Å². The number of guanidine groups is 1. The normalized spacial score (nSPS) is 22.6. The van der Waals surface area contributed by atoms with Crippen LogP contribution in [0.25, 0.3) is 0 Å². The largest absolute Gasteiger partial charge is 0.352 e. The molecule has 2 N–H and O–H groups in total. The second-order valence-electron chi connectivity index (χ2n) is 9.83. The smallest absolute Gasteiger partial charge is 0.225 e. The van der Waals surface area contributed by atoms with Gasteiger partial charge in [-0.2, -0.15) is 0 Å². The molecule has 1 saturated carbocycles. The Labute approximate surface area is 217 Å². The summed E-state index contributed by atoms with van der Waals surface area (Å²) in [7, 11) is 1.82. The first-order chi connectivity index (χ1) is 15.7. The van der Waals surface area contributed by atoms with Crippen molar-refractivity contribution in [2.75, 3.05) is 33.2 Å². The highest BCUT2D eigenvalue weighted by atomic mass is 127. The highest BCUT2D eigenvalue weighted by molar-refractivity contribution is 14.0. The summed E-state index contributed by atoms with van der Waals surface area (Å²) in [5.41, 5.74) is 2.66. The Balaban J connectivity index is 0.00000306. The van der Waals surface area contributed by atoms with Crippen LogP contribution in [-0.2, 0) is 17.9 Å². The summed E-state index contributed by atoms with van der Waals surface area (Å²) in [6.07, 6.45) is 11.0. The molecule has 3 fully saturated rings. The molecule has 0 spiro atoms. The van der Waals surface area contributed by atoms with Crippen LogP contribution in [0.5, 0.6) is 0 Å². The summed E-state index contributed by atoms with van der Waals surface area (Å²) in [4.78, 5) is 21.7. The molecule has 1 aromatic rings. The van der Waals surface area contributed by atoms with Crippen molar-refractivity contribution in [3.63, 3.8) is 0 Å². The maximum absolute atomic E-state index is 12.7. The highest BCUT2D eigenvalue weighted by Gasteiger charge is 2.32. The van der Waals surface area contributed by atoms with Crippen LogP contribution >= 0.6 is 24.0 Å². The maximum atomic E-state index is 12.7. The molecule has 7 heteroatoms. The van der Waals surface area contributed by atoms with Crippen LogP contribution in [-0.4, -0.2) is 60.9 Å². The quantitative estimate of drug-likeness (QED) is 0.309. The van der Waals surface area contributed by atoms with E-state index in [0.717, 1.165) is 51.4 Å². The van der Waals surface area contributed by atoms with E-state index < -0.39 is 0 Å². The second kappa shape index (κ2) is 13.5. The lowest BCUT2D eigenvalue weighted by atomic mass is 10.1. The molecule has 1 amide bonds. The first kappa shape index (κ1) is 26.3. The number of carbonyl (C=O) groups is 1. The standard InChI is InChI=1S/C26H41N5O.HI/c1-27-26(29-24-14-17-31(20-24)25(32)23-8-4-5-9-23)28-18-21-10-12-22(13-11-21)19-30-15-6-2-3-7-16-30;/h10-13,23-24H,2-9,14-20H2,1H3,(H2,27,28,29);1H. The van der Waals surface area contributed by atoms with Gasteiger partial charge in [0.05, 0.1) is 0 Å². The Kier molecular flexibility index (Phi) is 10.8. The van der Waals surface area contributed by atoms with Gasteiger partial charge in [-0.3, -0.25) is 14.7 Å². The molecule has 1 atom stereocenters. The van der Waals surface area contributed by atoms with Crippen LogP contribution in [0.15, 0.2) is 29.3 Å². The first-order valence-corrected chi connectivity index (χ1v) is 12.8. The lowest BCUT2D eigenvalue weighted by Crippen LogP contribution is -2.45. The van der Waals surface area contributed by atoms with Crippen LogP contribution in [0.3, 0.4) is 0 Å². The number of hydrogen-bond acceptors (Lipinski definition) is 3. The number of likely N-dealkylation sites (tertiary alicyclic amines) is 2. The predicted octanol–water partition coefficient (Wildman–Crippen LogP) is 4.14. The molecule has 33 heavy (non-hydrogen) atoms. The van der Waals surface area contributed by atoms with Crippen molar-refractivity contribution in [3.05, 3.63) is 35.4 Å². The average Bonchev–Trinajstić information content (AvgIpc) is 3.46. The summed E-state index contributed by atoms with van der Waals surface area (Å²) in [5, 5.41) is 6.97. The fraction of sp³-hybridized carbons (Fsp3) is 0.692. The molecule has 1 aliphatic carbocycles. The van der Waals surface area contributed by atoms with Crippen molar-refractivity contribution in [3.8, 4) is 0 Å². The number of aliphatic imine (C=N–C) groups is 1. The van der Waals surface area contributed by atoms with Gasteiger partial charge < -0.3 is 15.5 Å². The van der Waals surface area contributed by atoms with Gasteiger partial charge in [-0.15, -0.1) is 24.0 Å². The molecule has 0 aromatic heterocycles. The molecule has 0 radical (unpaired) electrons. The molecule has 1 unspecified atom stereocenters. The number of amides is 1. The van der Waals surface area contributed by atoms with E-state index in [9.17, 15) is 4.79 Å². The zero-order chi connectivity index (χ0) is 22.2. The summed E-state index contributed by atoms with van der Waals surface area (Å²) < 4.78 is 0. The monoisotopic (exact) mass is 567 g/mol.